The molecule has 0 radical (unpaired) electrons. The van der Waals surface area contributed by atoms with E-state index in [1.165, 1.54) is 11.3 Å². The van der Waals surface area contributed by atoms with Crippen molar-refractivity contribution in [3.63, 3.8) is 0 Å². The quantitative estimate of drug-likeness (QED) is 0.836. The van der Waals surface area contributed by atoms with Crippen LogP contribution >= 0.6 is 24.0 Å². The molecule has 1 N–H and O–H groups in total. The summed E-state index contributed by atoms with van der Waals surface area (Å²) >= 11 is 5.71. The number of amides is 1. The van der Waals surface area contributed by atoms with Crippen LogP contribution in [0.5, 0.6) is 0 Å². The van der Waals surface area contributed by atoms with Crippen LogP contribution in [0.25, 0.3) is 0 Å². The minimum atomic E-state index is -0.141. The maximum absolute atomic E-state index is 12.2. The third-order valence-corrected chi connectivity index (χ3v) is 3.85. The molecule has 0 aliphatic rings. The molecular formula is C14H16N2OS2. The number of anilines is 1. The van der Waals surface area contributed by atoms with Crippen LogP contribution < -0.4 is 5.32 Å². The van der Waals surface area contributed by atoms with Gasteiger partial charge >= 0.3 is 0 Å². The van der Waals surface area contributed by atoms with Gasteiger partial charge in [-0.3, -0.25) is 10.1 Å². The smallest absolute Gasteiger partial charge is 0.257 e. The SMILES string of the molecule is Cc1ccc(S)cc1C(=O)Nc1nc(C(C)C)cs1. The van der Waals surface area contributed by atoms with E-state index in [1.54, 1.807) is 6.07 Å². The van der Waals surface area contributed by atoms with Gasteiger partial charge in [-0.05, 0) is 30.5 Å². The first-order valence-corrected chi connectivity index (χ1v) is 7.36. The highest BCUT2D eigenvalue weighted by atomic mass is 32.1. The highest BCUT2D eigenvalue weighted by molar-refractivity contribution is 7.80. The van der Waals surface area contributed by atoms with Gasteiger partial charge in [0.2, 0.25) is 0 Å². The van der Waals surface area contributed by atoms with E-state index < -0.39 is 0 Å². The van der Waals surface area contributed by atoms with Gasteiger partial charge in [-0.2, -0.15) is 0 Å². The molecule has 0 aliphatic heterocycles. The Morgan fingerprint density at radius 1 is 1.42 bits per heavy atom. The lowest BCUT2D eigenvalue weighted by Gasteiger charge is -2.06. The Morgan fingerprint density at radius 2 is 2.16 bits per heavy atom. The summed E-state index contributed by atoms with van der Waals surface area (Å²) in [6, 6.07) is 5.53. The average Bonchev–Trinajstić information content (AvgIpc) is 2.80. The Kier molecular flexibility index (Phi) is 4.27. The Hall–Kier alpha value is -1.33. The summed E-state index contributed by atoms with van der Waals surface area (Å²) < 4.78 is 0. The average molecular weight is 292 g/mol. The summed E-state index contributed by atoms with van der Waals surface area (Å²) in [7, 11) is 0. The molecule has 2 aromatic rings. The van der Waals surface area contributed by atoms with Crippen LogP contribution in [-0.2, 0) is 0 Å². The van der Waals surface area contributed by atoms with Gasteiger partial charge in [0.1, 0.15) is 0 Å². The lowest BCUT2D eigenvalue weighted by Crippen LogP contribution is -2.13. The van der Waals surface area contributed by atoms with Crippen LogP contribution in [0, 0.1) is 6.92 Å². The van der Waals surface area contributed by atoms with Gasteiger partial charge in [-0.1, -0.05) is 19.9 Å². The maximum Gasteiger partial charge on any atom is 0.257 e. The molecule has 1 aromatic heterocycles. The van der Waals surface area contributed by atoms with Crippen molar-refractivity contribution in [2.45, 2.75) is 31.6 Å². The van der Waals surface area contributed by atoms with Crippen molar-refractivity contribution in [3.8, 4) is 0 Å². The molecular weight excluding hydrogens is 276 g/mol. The number of nitrogens with one attached hydrogen (secondary N) is 1. The second-order valence-corrected chi connectivity index (χ2v) is 6.06. The van der Waals surface area contributed by atoms with E-state index in [9.17, 15) is 4.79 Å². The van der Waals surface area contributed by atoms with Crippen LogP contribution in [0.3, 0.4) is 0 Å². The predicted octanol–water partition coefficient (Wildman–Crippen LogP) is 4.12. The Labute approximate surface area is 122 Å². The molecule has 3 nitrogen and oxygen atoms in total. The molecule has 0 spiro atoms. The van der Waals surface area contributed by atoms with Crippen LogP contribution in [0.1, 0.15) is 41.4 Å². The number of thiol groups is 1. The van der Waals surface area contributed by atoms with Crippen LogP contribution in [-0.4, -0.2) is 10.9 Å². The summed E-state index contributed by atoms with van der Waals surface area (Å²) in [5.41, 5.74) is 2.56. The van der Waals surface area contributed by atoms with Crippen LogP contribution in [0.15, 0.2) is 28.5 Å². The van der Waals surface area contributed by atoms with E-state index in [-0.39, 0.29) is 5.91 Å². The molecule has 1 aromatic carbocycles. The standard InChI is InChI=1S/C14H16N2OS2/c1-8(2)12-7-19-14(15-12)16-13(17)11-6-10(18)5-4-9(11)3/h4-8,18H,1-3H3,(H,15,16,17). The number of rotatable bonds is 3. The Bertz CT molecular complexity index is 605. The zero-order valence-electron chi connectivity index (χ0n) is 11.1. The van der Waals surface area contributed by atoms with E-state index in [2.05, 4.69) is 36.8 Å². The summed E-state index contributed by atoms with van der Waals surface area (Å²) in [6.07, 6.45) is 0. The molecule has 2 rings (SSSR count). The molecule has 0 aliphatic carbocycles. The number of nitrogens with zero attached hydrogens (tertiary/aromatic N) is 1. The number of hydrogen-bond acceptors (Lipinski definition) is 4. The largest absolute Gasteiger partial charge is 0.298 e. The summed E-state index contributed by atoms with van der Waals surface area (Å²) in [5.74, 6) is 0.225. The van der Waals surface area contributed by atoms with Gasteiger partial charge in [-0.25, -0.2) is 4.98 Å². The fourth-order valence-corrected chi connectivity index (χ4v) is 2.70. The zero-order valence-corrected chi connectivity index (χ0v) is 12.8. The molecule has 5 heteroatoms. The lowest BCUT2D eigenvalue weighted by atomic mass is 10.1. The molecule has 0 bridgehead atoms. The van der Waals surface area contributed by atoms with E-state index in [4.69, 9.17) is 0 Å². The number of carbonyl (C=O) groups excluding carboxylic acids is 1. The zero-order chi connectivity index (χ0) is 14.0. The van der Waals surface area contributed by atoms with Gasteiger partial charge in [0.05, 0.1) is 5.69 Å². The van der Waals surface area contributed by atoms with Gasteiger partial charge in [0.25, 0.3) is 5.91 Å². The van der Waals surface area contributed by atoms with Crippen LogP contribution in [0.2, 0.25) is 0 Å². The van der Waals surface area contributed by atoms with Crippen molar-refractivity contribution in [1.82, 2.24) is 4.98 Å². The van der Waals surface area contributed by atoms with Crippen molar-refractivity contribution in [2.75, 3.05) is 5.32 Å². The van der Waals surface area contributed by atoms with Gasteiger partial charge in [0.15, 0.2) is 5.13 Å². The second-order valence-electron chi connectivity index (χ2n) is 4.69. The molecule has 0 atom stereocenters. The van der Waals surface area contributed by atoms with Gasteiger partial charge in [-0.15, -0.1) is 24.0 Å². The maximum atomic E-state index is 12.2. The number of hydrogen-bond donors (Lipinski definition) is 2. The van der Waals surface area contributed by atoms with E-state index in [1.807, 2.05) is 24.4 Å². The molecule has 100 valence electrons. The van der Waals surface area contributed by atoms with Crippen molar-refractivity contribution in [2.24, 2.45) is 0 Å². The monoisotopic (exact) mass is 292 g/mol. The predicted molar refractivity (Wildman–Crippen MR) is 82.6 cm³/mol. The normalized spacial score (nSPS) is 10.8. The summed E-state index contributed by atoms with van der Waals surface area (Å²) in [6.45, 7) is 6.06. The van der Waals surface area contributed by atoms with Crippen molar-refractivity contribution >= 4 is 35.0 Å². The molecule has 1 amide bonds. The van der Waals surface area contributed by atoms with E-state index in [0.29, 0.717) is 16.6 Å². The number of aryl methyl sites for hydroxylation is 1. The number of benzene rings is 1. The van der Waals surface area contributed by atoms with Gasteiger partial charge < -0.3 is 0 Å². The summed E-state index contributed by atoms with van der Waals surface area (Å²) in [5, 5.41) is 5.45. The Morgan fingerprint density at radius 3 is 2.79 bits per heavy atom. The van der Waals surface area contributed by atoms with Crippen molar-refractivity contribution in [3.05, 3.63) is 40.4 Å². The molecule has 0 fully saturated rings. The van der Waals surface area contributed by atoms with E-state index in [0.717, 1.165) is 16.2 Å². The van der Waals surface area contributed by atoms with Crippen molar-refractivity contribution in [1.29, 1.82) is 0 Å². The lowest BCUT2D eigenvalue weighted by molar-refractivity contribution is 0.102. The molecule has 19 heavy (non-hydrogen) atoms. The molecule has 0 unspecified atom stereocenters. The van der Waals surface area contributed by atoms with Crippen molar-refractivity contribution < 1.29 is 4.79 Å². The first-order chi connectivity index (χ1) is 8.97. The third-order valence-electron chi connectivity index (χ3n) is 2.80. The minimum absolute atomic E-state index is 0.141. The van der Waals surface area contributed by atoms with Crippen LogP contribution in [0.4, 0.5) is 5.13 Å². The topological polar surface area (TPSA) is 42.0 Å². The molecule has 1 heterocycles. The summed E-state index contributed by atoms with van der Waals surface area (Å²) in [4.78, 5) is 17.4. The first-order valence-electron chi connectivity index (χ1n) is 6.03. The number of thiazole rings is 1. The fraction of sp³-hybridized carbons (Fsp3) is 0.286. The number of carbonyl (C=O) groups is 1. The number of aromatic nitrogens is 1. The fourth-order valence-electron chi connectivity index (χ4n) is 1.63. The minimum Gasteiger partial charge on any atom is -0.298 e. The first kappa shape index (κ1) is 14.1. The Balaban J connectivity index is 2.18. The van der Waals surface area contributed by atoms with E-state index >= 15 is 0 Å². The second kappa shape index (κ2) is 5.75. The highest BCUT2D eigenvalue weighted by Crippen LogP contribution is 2.22. The molecule has 0 saturated heterocycles. The third kappa shape index (κ3) is 3.36. The molecule has 0 saturated carbocycles. The highest BCUT2D eigenvalue weighted by Gasteiger charge is 2.12. The van der Waals surface area contributed by atoms with Gasteiger partial charge in [0, 0.05) is 15.8 Å².